The Morgan fingerprint density at radius 3 is 2.50 bits per heavy atom. The van der Waals surface area contributed by atoms with Gasteiger partial charge in [-0.2, -0.15) is 5.10 Å². The van der Waals surface area contributed by atoms with E-state index < -0.39 is 0 Å². The van der Waals surface area contributed by atoms with Crippen molar-refractivity contribution in [1.82, 2.24) is 5.43 Å². The van der Waals surface area contributed by atoms with E-state index in [9.17, 15) is 4.79 Å². The van der Waals surface area contributed by atoms with Gasteiger partial charge in [0.05, 0.1) is 0 Å². The highest BCUT2D eigenvalue weighted by Gasteiger charge is 2.43. The molecule has 0 spiro atoms. The van der Waals surface area contributed by atoms with Crippen LogP contribution in [-0.2, 0) is 4.79 Å². The Hall–Kier alpha value is -1.64. The summed E-state index contributed by atoms with van der Waals surface area (Å²) in [6.45, 7) is 7.03. The lowest BCUT2D eigenvalue weighted by Crippen LogP contribution is -2.29. The van der Waals surface area contributed by atoms with Crippen LogP contribution < -0.4 is 5.43 Å². The number of hydrazone groups is 1. The zero-order valence-corrected chi connectivity index (χ0v) is 15.2. The third kappa shape index (κ3) is 3.88. The van der Waals surface area contributed by atoms with Crippen molar-refractivity contribution >= 4 is 11.6 Å². The minimum atomic E-state index is 0.0902. The molecule has 2 atom stereocenters. The number of carbonyl (C=O) groups excluding carboxylic acids is 1. The van der Waals surface area contributed by atoms with E-state index in [0.29, 0.717) is 11.3 Å². The van der Waals surface area contributed by atoms with Crippen LogP contribution in [0.4, 0.5) is 0 Å². The van der Waals surface area contributed by atoms with Crippen LogP contribution in [0.15, 0.2) is 35.4 Å². The molecule has 2 aliphatic rings. The minimum absolute atomic E-state index is 0.0902. The van der Waals surface area contributed by atoms with Crippen molar-refractivity contribution in [1.29, 1.82) is 0 Å². The van der Waals surface area contributed by atoms with Crippen LogP contribution in [0.2, 0.25) is 0 Å². The fraction of sp³-hybridized carbons (Fsp3) is 0.619. The number of nitrogens with one attached hydrogen (secondary N) is 1. The molecule has 3 rings (SSSR count). The van der Waals surface area contributed by atoms with Gasteiger partial charge in [-0.3, -0.25) is 4.79 Å². The van der Waals surface area contributed by atoms with E-state index in [1.165, 1.54) is 30.5 Å². The summed E-state index contributed by atoms with van der Waals surface area (Å²) >= 11 is 0. The van der Waals surface area contributed by atoms with Gasteiger partial charge in [-0.15, -0.1) is 0 Å². The van der Waals surface area contributed by atoms with Crippen molar-refractivity contribution in [2.45, 2.75) is 65.2 Å². The monoisotopic (exact) mass is 326 g/mol. The quantitative estimate of drug-likeness (QED) is 0.769. The van der Waals surface area contributed by atoms with Crippen LogP contribution in [0.3, 0.4) is 0 Å². The number of carbonyl (C=O) groups is 1. The van der Waals surface area contributed by atoms with Crippen molar-refractivity contribution in [3.8, 4) is 0 Å². The molecule has 2 unspecified atom stereocenters. The molecule has 0 aliphatic heterocycles. The number of benzene rings is 1. The zero-order valence-electron chi connectivity index (χ0n) is 15.2. The van der Waals surface area contributed by atoms with E-state index in [2.05, 4.69) is 43.4 Å². The highest BCUT2D eigenvalue weighted by Crippen LogP contribution is 2.47. The van der Waals surface area contributed by atoms with Crippen LogP contribution in [0.5, 0.6) is 0 Å². The average molecular weight is 326 g/mol. The molecule has 0 aromatic heterocycles. The summed E-state index contributed by atoms with van der Waals surface area (Å²) in [6.07, 6.45) is 6.64. The van der Waals surface area contributed by atoms with Crippen LogP contribution in [0, 0.1) is 17.3 Å². The van der Waals surface area contributed by atoms with Gasteiger partial charge in [0.1, 0.15) is 0 Å². The van der Waals surface area contributed by atoms with Gasteiger partial charge < -0.3 is 0 Å². The summed E-state index contributed by atoms with van der Waals surface area (Å²) in [5.74, 6) is 1.36. The van der Waals surface area contributed by atoms with E-state index >= 15 is 0 Å². The van der Waals surface area contributed by atoms with E-state index in [-0.39, 0.29) is 11.8 Å². The Bertz CT molecular complexity index is 596. The van der Waals surface area contributed by atoms with Gasteiger partial charge in [-0.05, 0) is 54.9 Å². The Morgan fingerprint density at radius 2 is 1.88 bits per heavy atom. The second kappa shape index (κ2) is 7.08. The molecule has 1 N–H and O–H groups in total. The maximum atomic E-state index is 12.3. The second-order valence-corrected chi connectivity index (χ2v) is 8.13. The maximum absolute atomic E-state index is 12.3. The molecule has 1 aromatic rings. The molecule has 0 radical (unpaired) electrons. The number of amides is 1. The summed E-state index contributed by atoms with van der Waals surface area (Å²) in [4.78, 5) is 12.3. The molecule has 0 saturated heterocycles. The minimum Gasteiger partial charge on any atom is -0.273 e. The average Bonchev–Trinajstić information content (AvgIpc) is 3.42. The lowest BCUT2D eigenvalue weighted by atomic mass is 9.69. The first kappa shape index (κ1) is 17.2. The Kier molecular flexibility index (Phi) is 5.07. The van der Waals surface area contributed by atoms with Crippen LogP contribution >= 0.6 is 0 Å². The van der Waals surface area contributed by atoms with Gasteiger partial charge in [0.15, 0.2) is 0 Å². The van der Waals surface area contributed by atoms with Crippen LogP contribution in [-0.4, -0.2) is 11.6 Å². The predicted octanol–water partition coefficient (Wildman–Crippen LogP) is 4.89. The Morgan fingerprint density at radius 1 is 1.21 bits per heavy atom. The van der Waals surface area contributed by atoms with E-state index in [1.54, 1.807) is 0 Å². The van der Waals surface area contributed by atoms with Crippen molar-refractivity contribution in [2.24, 2.45) is 22.4 Å². The summed E-state index contributed by atoms with van der Waals surface area (Å²) in [5, 5.41) is 4.43. The molecule has 3 heteroatoms. The van der Waals surface area contributed by atoms with Gasteiger partial charge in [0, 0.05) is 11.6 Å². The molecule has 1 amide bonds. The van der Waals surface area contributed by atoms with Gasteiger partial charge in [-0.25, -0.2) is 5.43 Å². The molecule has 0 heterocycles. The van der Waals surface area contributed by atoms with Crippen molar-refractivity contribution < 1.29 is 4.79 Å². The lowest BCUT2D eigenvalue weighted by molar-refractivity contribution is -0.122. The van der Waals surface area contributed by atoms with Crippen LogP contribution in [0.1, 0.15) is 70.8 Å². The predicted molar refractivity (Wildman–Crippen MR) is 98.9 cm³/mol. The summed E-state index contributed by atoms with van der Waals surface area (Å²) in [7, 11) is 0. The fourth-order valence-electron chi connectivity index (χ4n) is 3.90. The first-order valence-electron chi connectivity index (χ1n) is 9.41. The van der Waals surface area contributed by atoms with Crippen molar-refractivity contribution in [2.75, 3.05) is 0 Å². The van der Waals surface area contributed by atoms with Gasteiger partial charge in [0.2, 0.25) is 5.91 Å². The maximum Gasteiger partial charge on any atom is 0.243 e. The highest BCUT2D eigenvalue weighted by atomic mass is 16.2. The molecular weight excluding hydrogens is 296 g/mol. The molecule has 2 saturated carbocycles. The molecule has 3 nitrogen and oxygen atoms in total. The Balaban J connectivity index is 1.47. The highest BCUT2D eigenvalue weighted by molar-refractivity contribution is 5.88. The molecule has 1 aromatic carbocycles. The van der Waals surface area contributed by atoms with E-state index in [1.807, 2.05) is 18.2 Å². The standard InChI is InChI=1S/C21H30N2O/c1-4-21(2,3)16-10-12-17(13-11-16)22-23-20(24)19-14-18(19)15-8-6-5-7-9-15/h5-9,16,18-19H,4,10-14H2,1-3H3,(H,23,24). The zero-order chi connectivity index (χ0) is 17.2. The third-order valence-electron chi connectivity index (χ3n) is 6.26. The number of nitrogens with zero attached hydrogens (tertiary/aromatic N) is 1. The van der Waals surface area contributed by atoms with Gasteiger partial charge in [0.25, 0.3) is 0 Å². The topological polar surface area (TPSA) is 41.5 Å². The smallest absolute Gasteiger partial charge is 0.243 e. The Labute approximate surface area is 145 Å². The number of hydrogen-bond donors (Lipinski definition) is 1. The number of rotatable bonds is 5. The lowest BCUT2D eigenvalue weighted by Gasteiger charge is -2.36. The second-order valence-electron chi connectivity index (χ2n) is 8.13. The normalized spacial score (nSPS) is 26.8. The van der Waals surface area contributed by atoms with E-state index in [0.717, 1.165) is 25.2 Å². The molecule has 0 bridgehead atoms. The SMILES string of the molecule is CCC(C)(C)C1CCC(=NNC(=O)C2CC2c2ccccc2)CC1. The van der Waals surface area contributed by atoms with Crippen molar-refractivity contribution in [3.05, 3.63) is 35.9 Å². The molecule has 130 valence electrons. The molecule has 2 fully saturated rings. The van der Waals surface area contributed by atoms with Crippen molar-refractivity contribution in [3.63, 3.8) is 0 Å². The number of hydrogen-bond acceptors (Lipinski definition) is 2. The first-order valence-corrected chi connectivity index (χ1v) is 9.41. The summed E-state index contributed by atoms with van der Waals surface area (Å²) < 4.78 is 0. The summed E-state index contributed by atoms with van der Waals surface area (Å²) in [6, 6.07) is 10.3. The molecule has 2 aliphatic carbocycles. The van der Waals surface area contributed by atoms with Gasteiger partial charge in [-0.1, -0.05) is 57.5 Å². The fourth-order valence-corrected chi connectivity index (χ4v) is 3.90. The summed E-state index contributed by atoms with van der Waals surface area (Å²) in [5.41, 5.74) is 5.69. The first-order chi connectivity index (χ1) is 11.5. The largest absolute Gasteiger partial charge is 0.273 e. The van der Waals surface area contributed by atoms with Crippen LogP contribution in [0.25, 0.3) is 0 Å². The molecular formula is C21H30N2O. The van der Waals surface area contributed by atoms with Gasteiger partial charge >= 0.3 is 0 Å². The molecule has 24 heavy (non-hydrogen) atoms. The van der Waals surface area contributed by atoms with E-state index in [4.69, 9.17) is 0 Å². The third-order valence-corrected chi connectivity index (χ3v) is 6.26.